The molecular weight excluding hydrogens is 234 g/mol. The number of hydrogen-bond donors (Lipinski definition) is 1. The molecule has 1 heterocycles. The third-order valence-corrected chi connectivity index (χ3v) is 3.26. The summed E-state index contributed by atoms with van der Waals surface area (Å²) < 4.78 is 0. The number of rotatable bonds is 2. The second kappa shape index (κ2) is 6.80. The minimum Gasteiger partial charge on any atom is -0.367 e. The van der Waals surface area contributed by atoms with E-state index in [2.05, 4.69) is 15.3 Å². The monoisotopic (exact) mass is 255 g/mol. The van der Waals surface area contributed by atoms with Gasteiger partial charge in [-0.1, -0.05) is 38.3 Å². The summed E-state index contributed by atoms with van der Waals surface area (Å²) in [5, 5.41) is 4.01. The molecule has 17 heavy (non-hydrogen) atoms. The van der Waals surface area contributed by atoms with Crippen LogP contribution in [-0.4, -0.2) is 16.0 Å². The Kier molecular flexibility index (Phi) is 5.69. The lowest BCUT2D eigenvalue weighted by atomic mass is 10.2. The van der Waals surface area contributed by atoms with Crippen LogP contribution in [0.25, 0.3) is 0 Å². The highest BCUT2D eigenvalue weighted by molar-refractivity contribution is 6.30. The molecular formula is C13H22ClN3. The summed E-state index contributed by atoms with van der Waals surface area (Å²) in [6, 6.07) is 0.564. The molecule has 1 N–H and O–H groups in total. The first-order valence-electron chi connectivity index (χ1n) is 6.44. The predicted octanol–water partition coefficient (Wildman–Crippen LogP) is 4.13. The molecule has 0 radical (unpaired) electrons. The Labute approximate surface area is 109 Å². The van der Waals surface area contributed by atoms with Crippen LogP contribution in [0.5, 0.6) is 0 Å². The van der Waals surface area contributed by atoms with E-state index in [1.165, 1.54) is 25.7 Å². The number of aromatic nitrogens is 2. The van der Waals surface area contributed by atoms with Gasteiger partial charge in [-0.2, -0.15) is 0 Å². The Bertz CT molecular complexity index is 360. The van der Waals surface area contributed by atoms with Gasteiger partial charge in [0.1, 0.15) is 16.8 Å². The number of hydrogen-bond acceptors (Lipinski definition) is 3. The fraction of sp³-hybridized carbons (Fsp3) is 0.692. The molecule has 1 aliphatic rings. The summed E-state index contributed by atoms with van der Waals surface area (Å²) in [4.78, 5) is 8.51. The summed E-state index contributed by atoms with van der Waals surface area (Å²) in [5.41, 5.74) is 0.953. The molecule has 1 aliphatic carbocycles. The van der Waals surface area contributed by atoms with Gasteiger partial charge in [-0.25, -0.2) is 9.97 Å². The Morgan fingerprint density at radius 2 is 1.71 bits per heavy atom. The van der Waals surface area contributed by atoms with E-state index in [1.807, 2.05) is 27.7 Å². The molecule has 1 saturated carbocycles. The largest absolute Gasteiger partial charge is 0.367 e. The standard InChI is InChI=1S/C11H16ClN3.C2H6/c1-7-10(12)13-8(2)14-11(7)15-9-5-3-4-6-9;1-2/h9H,3-6H2,1-2H3,(H,13,14,15);1-2H3. The van der Waals surface area contributed by atoms with Crippen molar-refractivity contribution in [1.82, 2.24) is 9.97 Å². The van der Waals surface area contributed by atoms with Crippen LogP contribution in [0, 0.1) is 13.8 Å². The molecule has 1 aromatic rings. The molecule has 3 nitrogen and oxygen atoms in total. The van der Waals surface area contributed by atoms with Gasteiger partial charge < -0.3 is 5.32 Å². The molecule has 2 rings (SSSR count). The van der Waals surface area contributed by atoms with E-state index in [-0.39, 0.29) is 0 Å². The third kappa shape index (κ3) is 3.84. The van der Waals surface area contributed by atoms with Crippen LogP contribution in [0.1, 0.15) is 50.9 Å². The van der Waals surface area contributed by atoms with Gasteiger partial charge in [-0.05, 0) is 26.7 Å². The van der Waals surface area contributed by atoms with Crippen molar-refractivity contribution in [2.24, 2.45) is 0 Å². The minimum absolute atomic E-state index is 0.558. The normalized spacial score (nSPS) is 15.4. The summed E-state index contributed by atoms with van der Waals surface area (Å²) in [6.45, 7) is 7.82. The van der Waals surface area contributed by atoms with Crippen molar-refractivity contribution in [3.05, 3.63) is 16.5 Å². The van der Waals surface area contributed by atoms with Gasteiger partial charge in [0.15, 0.2) is 0 Å². The van der Waals surface area contributed by atoms with Crippen molar-refractivity contribution in [2.45, 2.75) is 59.4 Å². The van der Waals surface area contributed by atoms with Crippen molar-refractivity contribution in [3.63, 3.8) is 0 Å². The molecule has 0 saturated heterocycles. The van der Waals surface area contributed by atoms with Crippen LogP contribution in [0.3, 0.4) is 0 Å². The van der Waals surface area contributed by atoms with Crippen LogP contribution in [0.2, 0.25) is 5.15 Å². The molecule has 0 aromatic carbocycles. The zero-order valence-electron chi connectivity index (χ0n) is 11.2. The van der Waals surface area contributed by atoms with Crippen molar-refractivity contribution >= 4 is 17.4 Å². The fourth-order valence-electron chi connectivity index (χ4n) is 2.00. The maximum absolute atomic E-state index is 6.01. The first kappa shape index (κ1) is 14.2. The molecule has 96 valence electrons. The van der Waals surface area contributed by atoms with Gasteiger partial charge >= 0.3 is 0 Å². The van der Waals surface area contributed by atoms with E-state index < -0.39 is 0 Å². The van der Waals surface area contributed by atoms with Crippen molar-refractivity contribution in [1.29, 1.82) is 0 Å². The van der Waals surface area contributed by atoms with Gasteiger partial charge in [0.25, 0.3) is 0 Å². The Morgan fingerprint density at radius 1 is 1.12 bits per heavy atom. The molecule has 0 bridgehead atoms. The maximum Gasteiger partial charge on any atom is 0.137 e. The van der Waals surface area contributed by atoms with Crippen LogP contribution in [0.4, 0.5) is 5.82 Å². The molecule has 0 amide bonds. The number of halogens is 1. The maximum atomic E-state index is 6.01. The number of nitrogens with one attached hydrogen (secondary N) is 1. The first-order valence-corrected chi connectivity index (χ1v) is 6.82. The fourth-order valence-corrected chi connectivity index (χ4v) is 2.21. The van der Waals surface area contributed by atoms with E-state index in [0.29, 0.717) is 11.2 Å². The number of anilines is 1. The lowest BCUT2D eigenvalue weighted by Gasteiger charge is -2.15. The van der Waals surface area contributed by atoms with Crippen LogP contribution >= 0.6 is 11.6 Å². The second-order valence-electron chi connectivity index (χ2n) is 4.16. The molecule has 0 aliphatic heterocycles. The molecule has 0 spiro atoms. The number of aryl methyl sites for hydroxylation is 1. The third-order valence-electron chi connectivity index (χ3n) is 2.89. The van der Waals surface area contributed by atoms with Crippen molar-refractivity contribution < 1.29 is 0 Å². The zero-order chi connectivity index (χ0) is 12.8. The van der Waals surface area contributed by atoms with Gasteiger partial charge in [-0.15, -0.1) is 0 Å². The molecule has 1 aromatic heterocycles. The first-order chi connectivity index (χ1) is 8.16. The van der Waals surface area contributed by atoms with E-state index in [0.717, 1.165) is 17.2 Å². The topological polar surface area (TPSA) is 37.8 Å². The predicted molar refractivity (Wildman–Crippen MR) is 73.7 cm³/mol. The molecule has 0 atom stereocenters. The summed E-state index contributed by atoms with van der Waals surface area (Å²) in [6.07, 6.45) is 5.10. The van der Waals surface area contributed by atoms with E-state index in [1.54, 1.807) is 0 Å². The summed E-state index contributed by atoms with van der Waals surface area (Å²) in [7, 11) is 0. The number of nitrogens with zero attached hydrogens (tertiary/aromatic N) is 2. The smallest absolute Gasteiger partial charge is 0.137 e. The SMILES string of the molecule is CC.Cc1nc(Cl)c(C)c(NC2CCCC2)n1. The Hall–Kier alpha value is -0.830. The molecule has 0 unspecified atom stereocenters. The van der Waals surface area contributed by atoms with Crippen molar-refractivity contribution in [3.8, 4) is 0 Å². The van der Waals surface area contributed by atoms with E-state index in [4.69, 9.17) is 11.6 Å². The lowest BCUT2D eigenvalue weighted by Crippen LogP contribution is -2.17. The Morgan fingerprint density at radius 3 is 2.29 bits per heavy atom. The van der Waals surface area contributed by atoms with Gasteiger partial charge in [0.2, 0.25) is 0 Å². The summed E-state index contributed by atoms with van der Waals surface area (Å²) in [5.74, 6) is 1.63. The Balaban J connectivity index is 0.000000686. The highest BCUT2D eigenvalue weighted by Crippen LogP contribution is 2.25. The van der Waals surface area contributed by atoms with Gasteiger partial charge in [0.05, 0.1) is 0 Å². The summed E-state index contributed by atoms with van der Waals surface area (Å²) >= 11 is 6.01. The lowest BCUT2D eigenvalue weighted by molar-refractivity contribution is 0.747. The second-order valence-corrected chi connectivity index (χ2v) is 4.52. The van der Waals surface area contributed by atoms with Crippen LogP contribution in [0.15, 0.2) is 0 Å². The molecule has 1 fully saturated rings. The molecule has 4 heteroatoms. The van der Waals surface area contributed by atoms with Crippen LogP contribution < -0.4 is 5.32 Å². The van der Waals surface area contributed by atoms with E-state index >= 15 is 0 Å². The quantitative estimate of drug-likeness (QED) is 0.808. The van der Waals surface area contributed by atoms with Crippen molar-refractivity contribution in [2.75, 3.05) is 5.32 Å². The highest BCUT2D eigenvalue weighted by atomic mass is 35.5. The average molecular weight is 256 g/mol. The average Bonchev–Trinajstić information content (AvgIpc) is 2.81. The van der Waals surface area contributed by atoms with Gasteiger partial charge in [-0.3, -0.25) is 0 Å². The zero-order valence-corrected chi connectivity index (χ0v) is 11.9. The van der Waals surface area contributed by atoms with E-state index in [9.17, 15) is 0 Å². The minimum atomic E-state index is 0.558. The highest BCUT2D eigenvalue weighted by Gasteiger charge is 2.17. The van der Waals surface area contributed by atoms with Gasteiger partial charge in [0, 0.05) is 11.6 Å². The van der Waals surface area contributed by atoms with Crippen LogP contribution in [-0.2, 0) is 0 Å².